The molecule has 3 heteroatoms. The number of nitrogens with one attached hydrogen (secondary N) is 1. The number of aryl methyl sites for hydroxylation is 2. The van der Waals surface area contributed by atoms with Crippen molar-refractivity contribution < 1.29 is 9.53 Å². The van der Waals surface area contributed by atoms with Crippen molar-refractivity contribution in [2.75, 3.05) is 5.32 Å². The van der Waals surface area contributed by atoms with Gasteiger partial charge in [0.15, 0.2) is 0 Å². The second kappa shape index (κ2) is 8.34. The third-order valence-electron chi connectivity index (χ3n) is 4.20. The highest BCUT2D eigenvalue weighted by atomic mass is 16.5. The molecule has 1 amide bonds. The monoisotopic (exact) mass is 345 g/mol. The summed E-state index contributed by atoms with van der Waals surface area (Å²) in [5.74, 6) is 0.413. The van der Waals surface area contributed by atoms with E-state index in [4.69, 9.17) is 4.74 Å². The maximum Gasteiger partial charge on any atom is 0.259 e. The number of hydrogen-bond donors (Lipinski definition) is 1. The predicted molar refractivity (Wildman–Crippen MR) is 106 cm³/mol. The summed E-state index contributed by atoms with van der Waals surface area (Å²) in [4.78, 5) is 12.7. The zero-order chi connectivity index (χ0) is 18.4. The largest absolute Gasteiger partial charge is 0.488 e. The van der Waals surface area contributed by atoms with Crippen molar-refractivity contribution >= 4 is 11.6 Å². The molecule has 132 valence electrons. The van der Waals surface area contributed by atoms with E-state index in [1.54, 1.807) is 6.07 Å². The highest BCUT2D eigenvalue weighted by molar-refractivity contribution is 6.06. The third-order valence-corrected chi connectivity index (χ3v) is 4.20. The highest BCUT2D eigenvalue weighted by Gasteiger charge is 2.12. The zero-order valence-corrected chi connectivity index (χ0v) is 15.2. The molecule has 0 aliphatic rings. The quantitative estimate of drug-likeness (QED) is 0.650. The highest BCUT2D eigenvalue weighted by Crippen LogP contribution is 2.21. The Bertz CT molecular complexity index is 902. The van der Waals surface area contributed by atoms with E-state index in [0.717, 1.165) is 17.7 Å². The van der Waals surface area contributed by atoms with Gasteiger partial charge in [-0.3, -0.25) is 4.79 Å². The molecule has 0 fully saturated rings. The van der Waals surface area contributed by atoms with Crippen LogP contribution in [0.2, 0.25) is 0 Å². The lowest BCUT2D eigenvalue weighted by molar-refractivity contribution is 0.102. The molecule has 0 aromatic heterocycles. The molecule has 0 spiro atoms. The molecule has 0 bridgehead atoms. The van der Waals surface area contributed by atoms with Crippen LogP contribution in [0.3, 0.4) is 0 Å². The Hall–Kier alpha value is -3.07. The number of rotatable bonds is 6. The van der Waals surface area contributed by atoms with Crippen LogP contribution in [-0.2, 0) is 13.0 Å². The van der Waals surface area contributed by atoms with Crippen LogP contribution in [0.15, 0.2) is 72.8 Å². The van der Waals surface area contributed by atoms with E-state index in [2.05, 4.69) is 37.4 Å². The number of amides is 1. The average Bonchev–Trinajstić information content (AvgIpc) is 2.67. The molecule has 0 saturated carbocycles. The zero-order valence-electron chi connectivity index (χ0n) is 15.2. The summed E-state index contributed by atoms with van der Waals surface area (Å²) in [5.41, 5.74) is 4.78. The lowest BCUT2D eigenvalue weighted by atomic mass is 10.1. The molecule has 26 heavy (non-hydrogen) atoms. The fourth-order valence-corrected chi connectivity index (χ4v) is 2.81. The minimum absolute atomic E-state index is 0.168. The van der Waals surface area contributed by atoms with Gasteiger partial charge in [0.25, 0.3) is 5.91 Å². The van der Waals surface area contributed by atoms with Gasteiger partial charge >= 0.3 is 0 Å². The second-order valence-electron chi connectivity index (χ2n) is 6.28. The standard InChI is InChI=1S/C23H23NO2/c1-3-18-9-7-11-20(15-18)24-23(25)21-12-4-5-13-22(21)26-16-19-10-6-8-17(2)14-19/h4-15H,3,16H2,1-2H3,(H,24,25). The van der Waals surface area contributed by atoms with E-state index in [0.29, 0.717) is 17.9 Å². The van der Waals surface area contributed by atoms with Crippen molar-refractivity contribution in [1.82, 2.24) is 0 Å². The van der Waals surface area contributed by atoms with Gasteiger partial charge in [0.2, 0.25) is 0 Å². The number of ether oxygens (including phenoxy) is 1. The third kappa shape index (κ3) is 4.51. The van der Waals surface area contributed by atoms with Crippen LogP contribution in [0.4, 0.5) is 5.69 Å². The van der Waals surface area contributed by atoms with Crippen LogP contribution in [0, 0.1) is 6.92 Å². The van der Waals surface area contributed by atoms with Gasteiger partial charge in [-0.25, -0.2) is 0 Å². The number of para-hydroxylation sites is 1. The van der Waals surface area contributed by atoms with Crippen molar-refractivity contribution in [2.45, 2.75) is 26.9 Å². The van der Waals surface area contributed by atoms with Gasteiger partial charge in [-0.2, -0.15) is 0 Å². The van der Waals surface area contributed by atoms with Gasteiger partial charge in [0.1, 0.15) is 12.4 Å². The molecule has 0 aliphatic heterocycles. The summed E-state index contributed by atoms with van der Waals surface area (Å²) in [6.07, 6.45) is 0.930. The van der Waals surface area contributed by atoms with E-state index >= 15 is 0 Å². The van der Waals surface area contributed by atoms with Crippen LogP contribution in [0.5, 0.6) is 5.75 Å². The summed E-state index contributed by atoms with van der Waals surface area (Å²) in [6, 6.07) is 23.4. The van der Waals surface area contributed by atoms with E-state index in [1.807, 2.05) is 48.5 Å². The molecule has 0 heterocycles. The molecule has 1 N–H and O–H groups in total. The van der Waals surface area contributed by atoms with Crippen LogP contribution < -0.4 is 10.1 Å². The Morgan fingerprint density at radius 3 is 2.50 bits per heavy atom. The van der Waals surface area contributed by atoms with Gasteiger partial charge in [0, 0.05) is 5.69 Å². The molecule has 0 unspecified atom stereocenters. The molecular weight excluding hydrogens is 322 g/mol. The Morgan fingerprint density at radius 2 is 1.69 bits per heavy atom. The van der Waals surface area contributed by atoms with Crippen LogP contribution in [0.25, 0.3) is 0 Å². The molecule has 0 radical (unpaired) electrons. The fraction of sp³-hybridized carbons (Fsp3) is 0.174. The number of carbonyl (C=O) groups is 1. The lowest BCUT2D eigenvalue weighted by Crippen LogP contribution is -2.13. The summed E-state index contributed by atoms with van der Waals surface area (Å²) in [5, 5.41) is 2.96. The summed E-state index contributed by atoms with van der Waals surface area (Å²) >= 11 is 0. The minimum Gasteiger partial charge on any atom is -0.488 e. The first-order chi connectivity index (χ1) is 12.7. The SMILES string of the molecule is CCc1cccc(NC(=O)c2ccccc2OCc2cccc(C)c2)c1. The molecule has 0 saturated heterocycles. The number of carbonyl (C=O) groups excluding carboxylic acids is 1. The van der Waals surface area contributed by atoms with Crippen LogP contribution >= 0.6 is 0 Å². The van der Waals surface area contributed by atoms with Crippen molar-refractivity contribution in [3.8, 4) is 5.75 Å². The molecule has 3 aromatic carbocycles. The molecule has 3 rings (SSSR count). The maximum atomic E-state index is 12.7. The van der Waals surface area contributed by atoms with E-state index in [9.17, 15) is 4.79 Å². The summed E-state index contributed by atoms with van der Waals surface area (Å²) in [7, 11) is 0. The summed E-state index contributed by atoms with van der Waals surface area (Å²) in [6.45, 7) is 4.57. The average molecular weight is 345 g/mol. The molecular formula is C23H23NO2. The number of hydrogen-bond acceptors (Lipinski definition) is 2. The van der Waals surface area contributed by atoms with E-state index < -0.39 is 0 Å². The Labute approximate surface area is 154 Å². The second-order valence-corrected chi connectivity index (χ2v) is 6.28. The van der Waals surface area contributed by atoms with Gasteiger partial charge < -0.3 is 10.1 Å². The molecule has 0 aliphatic carbocycles. The Kier molecular flexibility index (Phi) is 5.69. The van der Waals surface area contributed by atoms with E-state index in [1.165, 1.54) is 11.1 Å². The topological polar surface area (TPSA) is 38.3 Å². The maximum absolute atomic E-state index is 12.7. The Balaban J connectivity index is 1.74. The molecule has 3 aromatic rings. The number of anilines is 1. The minimum atomic E-state index is -0.168. The fourth-order valence-electron chi connectivity index (χ4n) is 2.81. The van der Waals surface area contributed by atoms with Crippen molar-refractivity contribution in [1.29, 1.82) is 0 Å². The molecule has 0 atom stereocenters. The number of benzene rings is 3. The first-order valence-corrected chi connectivity index (χ1v) is 8.83. The first kappa shape index (κ1) is 17.7. The normalized spacial score (nSPS) is 10.4. The molecule has 3 nitrogen and oxygen atoms in total. The van der Waals surface area contributed by atoms with Gasteiger partial charge in [-0.1, -0.05) is 61.0 Å². The van der Waals surface area contributed by atoms with Crippen molar-refractivity contribution in [2.24, 2.45) is 0 Å². The predicted octanol–water partition coefficient (Wildman–Crippen LogP) is 5.39. The Morgan fingerprint density at radius 1 is 0.923 bits per heavy atom. The first-order valence-electron chi connectivity index (χ1n) is 8.83. The van der Waals surface area contributed by atoms with Gasteiger partial charge in [0.05, 0.1) is 5.56 Å². The van der Waals surface area contributed by atoms with Gasteiger partial charge in [-0.15, -0.1) is 0 Å². The smallest absolute Gasteiger partial charge is 0.259 e. The van der Waals surface area contributed by atoms with Crippen LogP contribution in [0.1, 0.15) is 34.0 Å². The van der Waals surface area contributed by atoms with E-state index in [-0.39, 0.29) is 5.91 Å². The lowest BCUT2D eigenvalue weighted by Gasteiger charge is -2.12. The van der Waals surface area contributed by atoms with Crippen LogP contribution in [-0.4, -0.2) is 5.91 Å². The summed E-state index contributed by atoms with van der Waals surface area (Å²) < 4.78 is 5.92. The van der Waals surface area contributed by atoms with Crippen molar-refractivity contribution in [3.63, 3.8) is 0 Å². The van der Waals surface area contributed by atoms with Gasteiger partial charge in [-0.05, 0) is 48.7 Å². The van der Waals surface area contributed by atoms with Crippen molar-refractivity contribution in [3.05, 3.63) is 95.1 Å².